The smallest absolute Gasteiger partial charge is 0.255 e. The van der Waals surface area contributed by atoms with Crippen molar-refractivity contribution in [2.24, 2.45) is 11.8 Å². The molecule has 1 aliphatic rings. The van der Waals surface area contributed by atoms with Gasteiger partial charge in [0.15, 0.2) is 0 Å². The van der Waals surface area contributed by atoms with Crippen LogP contribution in [0.4, 0.5) is 5.69 Å². The Morgan fingerprint density at radius 1 is 1.18 bits per heavy atom. The van der Waals surface area contributed by atoms with Crippen molar-refractivity contribution >= 4 is 17.5 Å². The van der Waals surface area contributed by atoms with Gasteiger partial charge in [0.05, 0.1) is 5.92 Å². The summed E-state index contributed by atoms with van der Waals surface area (Å²) >= 11 is 0. The first-order valence-electron chi connectivity index (χ1n) is 9.84. The van der Waals surface area contributed by atoms with E-state index in [0.29, 0.717) is 36.7 Å². The van der Waals surface area contributed by atoms with Crippen molar-refractivity contribution in [3.8, 4) is 5.75 Å². The summed E-state index contributed by atoms with van der Waals surface area (Å²) in [5, 5.41) is 5.95. The van der Waals surface area contributed by atoms with Crippen LogP contribution in [0.2, 0.25) is 0 Å². The summed E-state index contributed by atoms with van der Waals surface area (Å²) in [6, 6.07) is 13.1. The maximum absolute atomic E-state index is 12.5. The van der Waals surface area contributed by atoms with E-state index in [0.717, 1.165) is 23.3 Å². The van der Waals surface area contributed by atoms with E-state index in [4.69, 9.17) is 4.74 Å². The molecule has 5 heteroatoms. The summed E-state index contributed by atoms with van der Waals surface area (Å²) < 4.78 is 5.77. The monoisotopic (exact) mass is 380 g/mol. The van der Waals surface area contributed by atoms with Crippen LogP contribution < -0.4 is 15.4 Å². The first kappa shape index (κ1) is 19.9. The van der Waals surface area contributed by atoms with Crippen LogP contribution in [0.25, 0.3) is 0 Å². The zero-order valence-corrected chi connectivity index (χ0v) is 16.7. The number of carbonyl (C=O) groups is 2. The second-order valence-electron chi connectivity index (χ2n) is 7.78. The molecule has 0 saturated carbocycles. The Kier molecular flexibility index (Phi) is 6.34. The highest BCUT2D eigenvalue weighted by Gasteiger charge is 2.26. The number of hydrogen-bond acceptors (Lipinski definition) is 3. The molecule has 28 heavy (non-hydrogen) atoms. The largest absolute Gasteiger partial charge is 0.492 e. The van der Waals surface area contributed by atoms with Crippen molar-refractivity contribution in [1.29, 1.82) is 0 Å². The lowest BCUT2D eigenvalue weighted by Crippen LogP contribution is -2.38. The molecule has 0 unspecified atom stereocenters. The van der Waals surface area contributed by atoms with Gasteiger partial charge >= 0.3 is 0 Å². The van der Waals surface area contributed by atoms with Crippen molar-refractivity contribution < 1.29 is 14.3 Å². The van der Waals surface area contributed by atoms with E-state index in [9.17, 15) is 9.59 Å². The number of nitrogens with one attached hydrogen (secondary N) is 2. The average Bonchev–Trinajstić information content (AvgIpc) is 2.67. The summed E-state index contributed by atoms with van der Waals surface area (Å²) in [4.78, 5) is 25.0. The highest BCUT2D eigenvalue weighted by Crippen LogP contribution is 2.30. The molecule has 2 aromatic rings. The third-order valence-corrected chi connectivity index (χ3v) is 5.01. The number of fused-ring (bicyclic) bond motifs is 1. The van der Waals surface area contributed by atoms with Crippen LogP contribution in [0, 0.1) is 18.8 Å². The Bertz CT molecular complexity index is 861. The molecule has 1 heterocycles. The predicted octanol–water partition coefficient (Wildman–Crippen LogP) is 3.96. The van der Waals surface area contributed by atoms with Crippen LogP contribution >= 0.6 is 0 Å². The van der Waals surface area contributed by atoms with Gasteiger partial charge in [-0.2, -0.15) is 0 Å². The van der Waals surface area contributed by atoms with Gasteiger partial charge in [0.1, 0.15) is 12.4 Å². The van der Waals surface area contributed by atoms with Gasteiger partial charge < -0.3 is 15.4 Å². The maximum atomic E-state index is 12.5. The molecule has 3 rings (SSSR count). The van der Waals surface area contributed by atoms with Crippen molar-refractivity contribution in [2.75, 3.05) is 18.5 Å². The number of amides is 2. The minimum absolute atomic E-state index is 0.0284. The summed E-state index contributed by atoms with van der Waals surface area (Å²) in [5.74, 6) is 1.02. The number of aryl methyl sites for hydroxylation is 1. The second-order valence-corrected chi connectivity index (χ2v) is 7.78. The van der Waals surface area contributed by atoms with E-state index in [1.807, 2.05) is 49.4 Å². The van der Waals surface area contributed by atoms with Crippen LogP contribution in [0.5, 0.6) is 5.75 Å². The third kappa shape index (κ3) is 4.91. The first-order valence-corrected chi connectivity index (χ1v) is 9.84. The van der Waals surface area contributed by atoms with Crippen molar-refractivity contribution in [3.63, 3.8) is 0 Å². The molecular weight excluding hydrogens is 352 g/mol. The van der Waals surface area contributed by atoms with Gasteiger partial charge in [-0.05, 0) is 61.1 Å². The Morgan fingerprint density at radius 3 is 2.71 bits per heavy atom. The van der Waals surface area contributed by atoms with Gasteiger partial charge in [0.2, 0.25) is 5.91 Å². The normalized spacial score (nSPS) is 15.5. The average molecular weight is 380 g/mol. The quantitative estimate of drug-likeness (QED) is 0.797. The van der Waals surface area contributed by atoms with Crippen molar-refractivity contribution in [2.45, 2.75) is 33.6 Å². The molecular formula is C23H28N2O3. The van der Waals surface area contributed by atoms with Gasteiger partial charge in [-0.25, -0.2) is 0 Å². The van der Waals surface area contributed by atoms with Crippen LogP contribution in [-0.4, -0.2) is 25.0 Å². The Hall–Kier alpha value is -2.82. The number of ether oxygens (including phenoxy) is 1. The minimum atomic E-state index is -0.206. The fourth-order valence-electron chi connectivity index (χ4n) is 3.30. The molecule has 5 nitrogen and oxygen atoms in total. The minimum Gasteiger partial charge on any atom is -0.492 e. The van der Waals surface area contributed by atoms with Gasteiger partial charge in [-0.3, -0.25) is 9.59 Å². The molecule has 0 saturated heterocycles. The van der Waals surface area contributed by atoms with E-state index in [1.165, 1.54) is 0 Å². The highest BCUT2D eigenvalue weighted by atomic mass is 16.5. The van der Waals surface area contributed by atoms with E-state index in [2.05, 4.69) is 24.5 Å². The third-order valence-electron chi connectivity index (χ3n) is 5.01. The fourth-order valence-corrected chi connectivity index (χ4v) is 3.30. The number of anilines is 1. The molecule has 0 aromatic heterocycles. The molecule has 2 N–H and O–H groups in total. The number of hydrogen-bond donors (Lipinski definition) is 2. The summed E-state index contributed by atoms with van der Waals surface area (Å²) in [6.45, 7) is 7.26. The molecule has 2 aromatic carbocycles. The predicted molar refractivity (Wildman–Crippen MR) is 111 cm³/mol. The lowest BCUT2D eigenvalue weighted by atomic mass is 9.95. The highest BCUT2D eigenvalue weighted by molar-refractivity contribution is 6.05. The summed E-state index contributed by atoms with van der Waals surface area (Å²) in [7, 11) is 0. The molecule has 0 radical (unpaired) electrons. The Balaban J connectivity index is 1.65. The zero-order chi connectivity index (χ0) is 20.1. The molecule has 1 aliphatic heterocycles. The van der Waals surface area contributed by atoms with E-state index < -0.39 is 0 Å². The SMILES string of the molecule is Cc1ccccc1C(=O)Nc1ccc2c(c1)C[C@H](C(=O)NCCC(C)C)CO2. The van der Waals surface area contributed by atoms with Gasteiger partial charge in [-0.15, -0.1) is 0 Å². The lowest BCUT2D eigenvalue weighted by molar-refractivity contribution is -0.126. The molecule has 0 fully saturated rings. The van der Waals surface area contributed by atoms with Crippen LogP contribution in [0.3, 0.4) is 0 Å². The van der Waals surface area contributed by atoms with Gasteiger partial charge in [-0.1, -0.05) is 32.0 Å². The molecule has 0 spiro atoms. The molecule has 2 amide bonds. The number of carbonyl (C=O) groups excluding carboxylic acids is 2. The maximum Gasteiger partial charge on any atom is 0.255 e. The molecule has 1 atom stereocenters. The first-order chi connectivity index (χ1) is 13.4. The van der Waals surface area contributed by atoms with Crippen molar-refractivity contribution in [1.82, 2.24) is 5.32 Å². The van der Waals surface area contributed by atoms with Crippen LogP contribution in [0.1, 0.15) is 41.8 Å². The molecule has 0 aliphatic carbocycles. The lowest BCUT2D eigenvalue weighted by Gasteiger charge is -2.25. The van der Waals surface area contributed by atoms with Crippen molar-refractivity contribution in [3.05, 3.63) is 59.2 Å². The Labute approximate surface area is 166 Å². The Morgan fingerprint density at radius 2 is 1.96 bits per heavy atom. The molecule has 0 bridgehead atoms. The van der Waals surface area contributed by atoms with Gasteiger partial charge in [0.25, 0.3) is 5.91 Å². The standard InChI is InChI=1S/C23H28N2O3/c1-15(2)10-11-24-22(26)18-12-17-13-19(8-9-21(17)28-14-18)25-23(27)20-7-5-4-6-16(20)3/h4-9,13,15,18H,10-12,14H2,1-3H3,(H,24,26)(H,25,27)/t18-/m0/s1. The zero-order valence-electron chi connectivity index (χ0n) is 16.7. The summed E-state index contributed by atoms with van der Waals surface area (Å²) in [6.07, 6.45) is 1.57. The number of rotatable bonds is 6. The van der Waals surface area contributed by atoms with Gasteiger partial charge in [0, 0.05) is 17.8 Å². The summed E-state index contributed by atoms with van der Waals surface area (Å²) in [5.41, 5.74) is 3.23. The fraction of sp³-hybridized carbons (Fsp3) is 0.391. The second kappa shape index (κ2) is 8.91. The number of benzene rings is 2. The molecule has 148 valence electrons. The van der Waals surface area contributed by atoms with E-state index in [-0.39, 0.29) is 17.7 Å². The van der Waals surface area contributed by atoms with E-state index >= 15 is 0 Å². The topological polar surface area (TPSA) is 67.4 Å². The van der Waals surface area contributed by atoms with E-state index in [1.54, 1.807) is 0 Å². The van der Waals surface area contributed by atoms with Crippen LogP contribution in [0.15, 0.2) is 42.5 Å². The van der Waals surface area contributed by atoms with Crippen LogP contribution in [-0.2, 0) is 11.2 Å².